The Kier molecular flexibility index (Phi) is 6.51. The number of thiophene rings is 1. The van der Waals surface area contributed by atoms with E-state index in [0.717, 1.165) is 56.1 Å². The van der Waals surface area contributed by atoms with Crippen molar-refractivity contribution in [3.8, 4) is 39.3 Å². The molecule has 5 aromatic carbocycles. The molecule has 1 aliphatic rings. The zero-order valence-corrected chi connectivity index (χ0v) is 26.3. The Balaban J connectivity index is 1.43. The van der Waals surface area contributed by atoms with Crippen LogP contribution in [0.25, 0.3) is 76.6 Å². The highest BCUT2D eigenvalue weighted by Gasteiger charge is 2.27. The molecule has 4 nitrogen and oxygen atoms in total. The van der Waals surface area contributed by atoms with Crippen LogP contribution in [-0.4, -0.2) is 19.5 Å². The molecule has 3 aromatic heterocycles. The number of rotatable bonds is 3. The van der Waals surface area contributed by atoms with Gasteiger partial charge in [0.15, 0.2) is 11.6 Å². The van der Waals surface area contributed by atoms with Gasteiger partial charge in [-0.15, -0.1) is 11.3 Å². The first-order chi connectivity index (χ1) is 23.2. The first kappa shape index (κ1) is 27.4. The third kappa shape index (κ3) is 4.55. The minimum Gasteiger partial charge on any atom is -0.276 e. The Morgan fingerprint density at radius 1 is 0.638 bits per heavy atom. The number of hydrogen-bond acceptors (Lipinski definition) is 4. The molecule has 0 saturated carbocycles. The van der Waals surface area contributed by atoms with E-state index in [4.69, 9.17) is 15.0 Å². The van der Waals surface area contributed by atoms with E-state index in [-0.39, 0.29) is 0 Å². The first-order valence-electron chi connectivity index (χ1n) is 15.7. The summed E-state index contributed by atoms with van der Waals surface area (Å²) in [6, 6.07) is 42.1. The lowest BCUT2D eigenvalue weighted by molar-refractivity contribution is 0.938. The van der Waals surface area contributed by atoms with Gasteiger partial charge in [-0.1, -0.05) is 140 Å². The largest absolute Gasteiger partial charge is 0.276 e. The van der Waals surface area contributed by atoms with E-state index in [1.165, 1.54) is 20.5 Å². The molecule has 0 spiro atoms. The SMILES string of the molecule is C=C1/C=C\C=C/Cc2c(sc3ccccc23)-c2c1c1ccccc1n2-c1nc(-c2ccccc2)nc(-c2cccc3ccccc23)n1. The van der Waals surface area contributed by atoms with Crippen molar-refractivity contribution >= 4 is 48.7 Å². The normalized spacial score (nSPS) is 14.3. The second kappa shape index (κ2) is 11.2. The van der Waals surface area contributed by atoms with Gasteiger partial charge in [-0.25, -0.2) is 4.98 Å². The monoisotopic (exact) mass is 620 g/mol. The number of aromatic nitrogens is 4. The maximum atomic E-state index is 5.31. The summed E-state index contributed by atoms with van der Waals surface area (Å²) in [5.74, 6) is 1.84. The lowest BCUT2D eigenvalue weighted by Gasteiger charge is -2.15. The van der Waals surface area contributed by atoms with E-state index >= 15 is 0 Å². The average Bonchev–Trinajstić information content (AvgIpc) is 3.67. The summed E-state index contributed by atoms with van der Waals surface area (Å²) >= 11 is 1.82. The second-order valence-corrected chi connectivity index (χ2v) is 12.7. The van der Waals surface area contributed by atoms with Crippen LogP contribution in [0.2, 0.25) is 0 Å². The van der Waals surface area contributed by atoms with E-state index in [0.29, 0.717) is 17.6 Å². The van der Waals surface area contributed by atoms with Crippen LogP contribution in [0.4, 0.5) is 0 Å². The molecule has 0 atom stereocenters. The Bertz CT molecular complexity index is 2560. The fourth-order valence-electron chi connectivity index (χ4n) is 6.72. The molecule has 0 amide bonds. The van der Waals surface area contributed by atoms with E-state index < -0.39 is 0 Å². The number of para-hydroxylation sites is 1. The molecular weight excluding hydrogens is 593 g/mol. The molecule has 0 fully saturated rings. The van der Waals surface area contributed by atoms with Crippen LogP contribution in [0.1, 0.15) is 11.1 Å². The van der Waals surface area contributed by atoms with Crippen LogP contribution < -0.4 is 0 Å². The van der Waals surface area contributed by atoms with Gasteiger partial charge in [-0.05, 0) is 45.8 Å². The molecule has 0 radical (unpaired) electrons. The zero-order valence-electron chi connectivity index (χ0n) is 25.5. The van der Waals surface area contributed by atoms with Gasteiger partial charge < -0.3 is 0 Å². The van der Waals surface area contributed by atoms with E-state index in [9.17, 15) is 0 Å². The van der Waals surface area contributed by atoms with Crippen LogP contribution in [0.3, 0.4) is 0 Å². The smallest absolute Gasteiger partial charge is 0.238 e. The molecule has 0 N–H and O–H groups in total. The van der Waals surface area contributed by atoms with Crippen LogP contribution in [0.5, 0.6) is 0 Å². The summed E-state index contributed by atoms with van der Waals surface area (Å²) in [7, 11) is 0. The predicted octanol–water partition coefficient (Wildman–Crippen LogP) is 10.9. The van der Waals surface area contributed by atoms with Crippen molar-refractivity contribution in [2.75, 3.05) is 0 Å². The highest BCUT2D eigenvalue weighted by molar-refractivity contribution is 7.22. The summed E-state index contributed by atoms with van der Waals surface area (Å²) in [6.07, 6.45) is 9.36. The molecule has 8 aromatic rings. The first-order valence-corrected chi connectivity index (χ1v) is 16.5. The van der Waals surface area contributed by atoms with Crippen molar-refractivity contribution in [2.45, 2.75) is 6.42 Å². The molecule has 0 aliphatic heterocycles. The molecule has 1 aliphatic carbocycles. The number of fused-ring (bicyclic) bond motifs is 8. The number of nitrogens with zero attached hydrogens (tertiary/aromatic N) is 4. The van der Waals surface area contributed by atoms with Gasteiger partial charge in [0.1, 0.15) is 0 Å². The summed E-state index contributed by atoms with van der Waals surface area (Å²) in [5.41, 5.74) is 7.31. The number of benzene rings is 5. The van der Waals surface area contributed by atoms with Crippen molar-refractivity contribution in [3.05, 3.63) is 163 Å². The van der Waals surface area contributed by atoms with Gasteiger partial charge in [-0.3, -0.25) is 4.57 Å². The number of allylic oxidation sites excluding steroid dienone is 5. The molecule has 0 bridgehead atoms. The van der Waals surface area contributed by atoms with Crippen molar-refractivity contribution in [1.82, 2.24) is 19.5 Å². The predicted molar refractivity (Wildman–Crippen MR) is 197 cm³/mol. The van der Waals surface area contributed by atoms with Crippen LogP contribution in [0.15, 0.2) is 152 Å². The summed E-state index contributed by atoms with van der Waals surface area (Å²) in [5, 5.41) is 4.62. The van der Waals surface area contributed by atoms with Gasteiger partial charge in [0, 0.05) is 26.8 Å². The third-order valence-corrected chi connectivity index (χ3v) is 10.1. The van der Waals surface area contributed by atoms with Crippen LogP contribution in [0, 0.1) is 0 Å². The van der Waals surface area contributed by atoms with Crippen molar-refractivity contribution < 1.29 is 0 Å². The Labute approximate surface area is 276 Å². The van der Waals surface area contributed by atoms with E-state index in [2.05, 4.69) is 139 Å². The van der Waals surface area contributed by atoms with Gasteiger partial charge in [0.05, 0.1) is 16.1 Å². The Hall–Kier alpha value is -5.91. The van der Waals surface area contributed by atoms with E-state index in [1.54, 1.807) is 0 Å². The van der Waals surface area contributed by atoms with Crippen molar-refractivity contribution in [3.63, 3.8) is 0 Å². The minimum atomic E-state index is 0.576. The minimum absolute atomic E-state index is 0.576. The number of hydrogen-bond donors (Lipinski definition) is 0. The van der Waals surface area contributed by atoms with Gasteiger partial charge >= 0.3 is 0 Å². The fraction of sp³-hybridized carbons (Fsp3) is 0.0238. The molecule has 47 heavy (non-hydrogen) atoms. The summed E-state index contributed by atoms with van der Waals surface area (Å²) < 4.78 is 3.50. The fourth-order valence-corrected chi connectivity index (χ4v) is 8.00. The Morgan fingerprint density at radius 3 is 2.26 bits per heavy atom. The quantitative estimate of drug-likeness (QED) is 0.197. The molecule has 0 unspecified atom stereocenters. The maximum absolute atomic E-state index is 5.31. The Morgan fingerprint density at radius 2 is 1.36 bits per heavy atom. The highest BCUT2D eigenvalue weighted by atomic mass is 32.1. The molecule has 5 heteroatoms. The average molecular weight is 621 g/mol. The summed E-state index contributed by atoms with van der Waals surface area (Å²) in [4.78, 5) is 16.9. The van der Waals surface area contributed by atoms with Gasteiger partial charge in [0.25, 0.3) is 0 Å². The molecule has 9 rings (SSSR count). The topological polar surface area (TPSA) is 43.6 Å². The third-order valence-electron chi connectivity index (χ3n) is 8.86. The zero-order chi connectivity index (χ0) is 31.3. The molecule has 3 heterocycles. The van der Waals surface area contributed by atoms with Crippen molar-refractivity contribution in [2.24, 2.45) is 0 Å². The maximum Gasteiger partial charge on any atom is 0.238 e. The van der Waals surface area contributed by atoms with Crippen LogP contribution in [-0.2, 0) is 6.42 Å². The lowest BCUT2D eigenvalue weighted by Crippen LogP contribution is -2.08. The highest BCUT2D eigenvalue weighted by Crippen LogP contribution is 2.47. The molecular formula is C42H28N4S. The van der Waals surface area contributed by atoms with Gasteiger partial charge in [-0.2, -0.15) is 9.97 Å². The molecule has 222 valence electrons. The molecule has 0 saturated heterocycles. The standard InChI is InChI=1S/C42H28N4S/c1-27-15-4-2-7-22-32-31-21-11-13-26-36(31)47-39(32)38-37(27)34-23-10-12-25-35(34)46(38)42-44-40(29-17-5-3-6-18-29)43-41(45-42)33-24-14-19-28-16-8-9-20-30(28)33/h2-21,23-26H,1,22H2/b7-2-,15-4-. The second-order valence-electron chi connectivity index (χ2n) is 11.7. The lowest BCUT2D eigenvalue weighted by atomic mass is 9.98. The van der Waals surface area contributed by atoms with Crippen LogP contribution >= 0.6 is 11.3 Å². The van der Waals surface area contributed by atoms with E-state index in [1.807, 2.05) is 29.5 Å². The van der Waals surface area contributed by atoms with Gasteiger partial charge in [0.2, 0.25) is 5.95 Å². The van der Waals surface area contributed by atoms with Crippen molar-refractivity contribution in [1.29, 1.82) is 0 Å². The summed E-state index contributed by atoms with van der Waals surface area (Å²) in [6.45, 7) is 4.60.